The van der Waals surface area contributed by atoms with Crippen LogP contribution in [-0.2, 0) is 10.0 Å². The van der Waals surface area contributed by atoms with Gasteiger partial charge in [-0.3, -0.25) is 4.79 Å². The molecule has 3 aromatic rings. The summed E-state index contributed by atoms with van der Waals surface area (Å²) in [4.78, 5) is 19.7. The van der Waals surface area contributed by atoms with Crippen LogP contribution in [0.1, 0.15) is 10.4 Å². The van der Waals surface area contributed by atoms with Crippen LogP contribution in [0.15, 0.2) is 59.8 Å². The van der Waals surface area contributed by atoms with Crippen molar-refractivity contribution in [1.82, 2.24) is 9.97 Å². The number of hydrogen-bond donors (Lipinski definition) is 5. The number of anilines is 2. The number of phenolic OH excluding ortho intramolecular Hbond substituents is 3. The highest BCUT2D eigenvalue weighted by Crippen LogP contribution is 2.35. The normalized spacial score (nSPS) is 11.0. The first kappa shape index (κ1) is 18.9. The van der Waals surface area contributed by atoms with E-state index in [1.165, 1.54) is 36.7 Å². The van der Waals surface area contributed by atoms with Crippen molar-refractivity contribution in [2.75, 3.05) is 10.0 Å². The second kappa shape index (κ2) is 7.40. The highest BCUT2D eigenvalue weighted by molar-refractivity contribution is 7.92. The van der Waals surface area contributed by atoms with Crippen LogP contribution in [0.2, 0.25) is 0 Å². The molecule has 0 saturated carbocycles. The number of carbonyl (C=O) groups excluding carboxylic acids is 1. The number of nitrogens with zero attached hydrogens (tertiary/aromatic N) is 2. The largest absolute Gasteiger partial charge is 0.504 e. The number of aromatic nitrogens is 2. The molecule has 144 valence electrons. The number of amides is 1. The third kappa shape index (κ3) is 4.10. The highest BCUT2D eigenvalue weighted by Gasteiger charge is 2.17. The zero-order valence-corrected chi connectivity index (χ0v) is 14.9. The lowest BCUT2D eigenvalue weighted by Crippen LogP contribution is -2.15. The molecule has 0 bridgehead atoms. The van der Waals surface area contributed by atoms with Gasteiger partial charge in [0.05, 0.1) is 4.90 Å². The molecule has 0 aliphatic carbocycles. The van der Waals surface area contributed by atoms with Crippen molar-refractivity contribution >= 4 is 27.6 Å². The number of phenols is 3. The van der Waals surface area contributed by atoms with Crippen LogP contribution < -0.4 is 10.0 Å². The summed E-state index contributed by atoms with van der Waals surface area (Å²) in [5, 5.41) is 30.7. The van der Waals surface area contributed by atoms with Crippen LogP contribution in [-0.4, -0.2) is 39.6 Å². The first-order valence-corrected chi connectivity index (χ1v) is 9.21. The number of sulfonamides is 1. The van der Waals surface area contributed by atoms with E-state index in [-0.39, 0.29) is 22.1 Å². The van der Waals surface area contributed by atoms with Gasteiger partial charge in [0, 0.05) is 23.6 Å². The maximum absolute atomic E-state index is 12.3. The lowest BCUT2D eigenvalue weighted by Gasteiger charge is -2.09. The van der Waals surface area contributed by atoms with Gasteiger partial charge < -0.3 is 20.6 Å². The Hall–Kier alpha value is -3.86. The summed E-state index contributed by atoms with van der Waals surface area (Å²) in [5.41, 5.74) is 0.166. The number of aromatic hydroxyl groups is 3. The first-order valence-electron chi connectivity index (χ1n) is 7.72. The van der Waals surface area contributed by atoms with E-state index >= 15 is 0 Å². The molecule has 0 aliphatic heterocycles. The molecule has 2 aromatic carbocycles. The third-order valence-corrected chi connectivity index (χ3v) is 4.89. The Balaban J connectivity index is 1.75. The Bertz CT molecular complexity index is 1100. The van der Waals surface area contributed by atoms with Crippen molar-refractivity contribution < 1.29 is 28.5 Å². The van der Waals surface area contributed by atoms with Crippen LogP contribution in [0.4, 0.5) is 11.6 Å². The highest BCUT2D eigenvalue weighted by atomic mass is 32.2. The molecule has 3 rings (SSSR count). The maximum atomic E-state index is 12.3. The molecule has 0 atom stereocenters. The fraction of sp³-hybridized carbons (Fsp3) is 0. The van der Waals surface area contributed by atoms with Crippen molar-refractivity contribution in [3.8, 4) is 17.2 Å². The Morgan fingerprint density at radius 1 is 0.929 bits per heavy atom. The lowest BCUT2D eigenvalue weighted by atomic mass is 10.1. The van der Waals surface area contributed by atoms with E-state index in [2.05, 4.69) is 20.0 Å². The predicted molar refractivity (Wildman–Crippen MR) is 98.7 cm³/mol. The number of carbonyl (C=O) groups is 1. The van der Waals surface area contributed by atoms with Crippen molar-refractivity contribution in [3.05, 3.63) is 60.4 Å². The standard InChI is InChI=1S/C17H14N4O6S/c22-13-8-10(9-14(23)15(13)24)16(25)20-11-2-4-12(5-3-11)28(26,27)21-17-18-6-1-7-19-17/h1-9,22-24H,(H,20,25)(H,18,19,21). The summed E-state index contributed by atoms with van der Waals surface area (Å²) in [6.07, 6.45) is 2.78. The SMILES string of the molecule is O=C(Nc1ccc(S(=O)(=O)Nc2ncccn2)cc1)c1cc(O)c(O)c(O)c1. The fourth-order valence-corrected chi connectivity index (χ4v) is 3.14. The van der Waals surface area contributed by atoms with Crippen molar-refractivity contribution in [3.63, 3.8) is 0 Å². The molecule has 0 radical (unpaired) electrons. The fourth-order valence-electron chi connectivity index (χ4n) is 2.19. The maximum Gasteiger partial charge on any atom is 0.264 e. The summed E-state index contributed by atoms with van der Waals surface area (Å²) >= 11 is 0. The van der Waals surface area contributed by atoms with Gasteiger partial charge >= 0.3 is 0 Å². The molecule has 28 heavy (non-hydrogen) atoms. The molecular formula is C17H14N4O6S. The smallest absolute Gasteiger partial charge is 0.264 e. The average Bonchev–Trinajstić information content (AvgIpc) is 2.66. The quantitative estimate of drug-likeness (QED) is 0.402. The number of nitrogens with one attached hydrogen (secondary N) is 2. The molecule has 0 saturated heterocycles. The van der Waals surface area contributed by atoms with Crippen molar-refractivity contribution in [2.45, 2.75) is 4.90 Å². The Morgan fingerprint density at radius 2 is 1.50 bits per heavy atom. The molecule has 10 nitrogen and oxygen atoms in total. The van der Waals surface area contributed by atoms with Gasteiger partial charge in [-0.05, 0) is 42.5 Å². The zero-order valence-electron chi connectivity index (χ0n) is 14.1. The van der Waals surface area contributed by atoms with E-state index in [1.807, 2.05) is 0 Å². The van der Waals surface area contributed by atoms with Gasteiger partial charge in [-0.25, -0.2) is 23.1 Å². The second-order valence-electron chi connectivity index (χ2n) is 5.52. The van der Waals surface area contributed by atoms with Gasteiger partial charge in [0.1, 0.15) is 0 Å². The van der Waals surface area contributed by atoms with Crippen molar-refractivity contribution in [1.29, 1.82) is 0 Å². The Kier molecular flexibility index (Phi) is 5.00. The van der Waals surface area contributed by atoms with Crippen LogP contribution in [0.3, 0.4) is 0 Å². The van der Waals surface area contributed by atoms with E-state index in [9.17, 15) is 28.5 Å². The van der Waals surface area contributed by atoms with Gasteiger partial charge in [-0.2, -0.15) is 0 Å². The lowest BCUT2D eigenvalue weighted by molar-refractivity contribution is 0.102. The van der Waals surface area contributed by atoms with Crippen LogP contribution in [0.5, 0.6) is 17.2 Å². The summed E-state index contributed by atoms with van der Waals surface area (Å²) in [5.74, 6) is -2.80. The summed E-state index contributed by atoms with van der Waals surface area (Å²) in [6, 6.07) is 8.76. The van der Waals surface area contributed by atoms with E-state index in [0.717, 1.165) is 12.1 Å². The van der Waals surface area contributed by atoms with Crippen LogP contribution in [0.25, 0.3) is 0 Å². The number of hydrogen-bond acceptors (Lipinski definition) is 8. The molecule has 1 aromatic heterocycles. The van der Waals surface area contributed by atoms with E-state index in [4.69, 9.17) is 0 Å². The molecule has 0 aliphatic rings. The minimum absolute atomic E-state index is 0.0714. The van der Waals surface area contributed by atoms with E-state index in [0.29, 0.717) is 0 Å². The molecule has 11 heteroatoms. The monoisotopic (exact) mass is 402 g/mol. The second-order valence-corrected chi connectivity index (χ2v) is 7.20. The molecular weight excluding hydrogens is 388 g/mol. The van der Waals surface area contributed by atoms with Gasteiger partial charge in [-0.1, -0.05) is 0 Å². The van der Waals surface area contributed by atoms with E-state index in [1.54, 1.807) is 6.07 Å². The Morgan fingerprint density at radius 3 is 2.07 bits per heavy atom. The number of rotatable bonds is 5. The van der Waals surface area contributed by atoms with Gasteiger partial charge in [0.25, 0.3) is 15.9 Å². The van der Waals surface area contributed by atoms with Crippen LogP contribution in [0, 0.1) is 0 Å². The third-order valence-electron chi connectivity index (χ3n) is 3.55. The first-order chi connectivity index (χ1) is 13.3. The zero-order chi connectivity index (χ0) is 20.3. The molecule has 0 fully saturated rings. The molecule has 1 amide bonds. The molecule has 5 N–H and O–H groups in total. The topological polar surface area (TPSA) is 162 Å². The Labute approximate surface area is 159 Å². The molecule has 0 unspecified atom stereocenters. The van der Waals surface area contributed by atoms with E-state index < -0.39 is 33.2 Å². The van der Waals surface area contributed by atoms with Crippen LogP contribution >= 0.6 is 0 Å². The van der Waals surface area contributed by atoms with Crippen molar-refractivity contribution in [2.24, 2.45) is 0 Å². The minimum Gasteiger partial charge on any atom is -0.504 e. The summed E-state index contributed by atoms with van der Waals surface area (Å²) in [6.45, 7) is 0. The van der Waals surface area contributed by atoms with Gasteiger partial charge in [0.2, 0.25) is 5.95 Å². The number of benzene rings is 2. The van der Waals surface area contributed by atoms with Gasteiger partial charge in [-0.15, -0.1) is 0 Å². The summed E-state index contributed by atoms with van der Waals surface area (Å²) < 4.78 is 26.8. The predicted octanol–water partition coefficient (Wildman–Crippen LogP) is 1.65. The average molecular weight is 402 g/mol. The minimum atomic E-state index is -3.91. The molecule has 1 heterocycles. The molecule has 0 spiro atoms. The summed E-state index contributed by atoms with van der Waals surface area (Å²) in [7, 11) is -3.91. The van der Waals surface area contributed by atoms with Gasteiger partial charge in [0.15, 0.2) is 17.2 Å².